The van der Waals surface area contributed by atoms with E-state index in [1.54, 1.807) is 12.1 Å². The monoisotopic (exact) mass is 420 g/mol. The van der Waals surface area contributed by atoms with Crippen molar-refractivity contribution < 1.29 is 14.7 Å². The molecule has 31 heavy (non-hydrogen) atoms. The molecule has 160 valence electrons. The molecule has 9 heteroatoms. The number of imidazole rings is 1. The number of carbonyl (C=O) groups excluding carboxylic acids is 1. The maximum Gasteiger partial charge on any atom is 0.354 e. The first kappa shape index (κ1) is 19.5. The molecule has 2 aliphatic rings. The number of fused-ring (bicyclic) bond motifs is 1. The van der Waals surface area contributed by atoms with E-state index in [0.717, 1.165) is 56.7 Å². The van der Waals surface area contributed by atoms with Crippen LogP contribution in [0.5, 0.6) is 0 Å². The minimum atomic E-state index is -1.08. The van der Waals surface area contributed by atoms with Gasteiger partial charge in [0, 0.05) is 26.2 Å². The van der Waals surface area contributed by atoms with Crippen molar-refractivity contribution in [2.24, 2.45) is 5.92 Å². The molecule has 1 atom stereocenters. The van der Waals surface area contributed by atoms with Gasteiger partial charge in [-0.1, -0.05) is 6.07 Å². The lowest BCUT2D eigenvalue weighted by atomic mass is 9.96. The number of H-pyrrole nitrogens is 1. The molecule has 9 nitrogen and oxygen atoms in total. The van der Waals surface area contributed by atoms with Crippen molar-refractivity contribution in [1.82, 2.24) is 24.8 Å². The molecule has 3 aromatic rings. The molecule has 2 aliphatic heterocycles. The lowest BCUT2D eigenvalue weighted by Gasteiger charge is -2.34. The SMILES string of the molecule is O=C(O)c1cccc(-c2nc3nc(N4CCCC(C(=O)N5CCCC5)C4)ccc3[nH]2)n1. The summed E-state index contributed by atoms with van der Waals surface area (Å²) in [6.07, 6.45) is 4.09. The van der Waals surface area contributed by atoms with Crippen molar-refractivity contribution in [3.63, 3.8) is 0 Å². The maximum absolute atomic E-state index is 12.8. The van der Waals surface area contributed by atoms with Crippen molar-refractivity contribution in [3.05, 3.63) is 36.0 Å². The molecule has 1 amide bonds. The summed E-state index contributed by atoms with van der Waals surface area (Å²) >= 11 is 0. The second kappa shape index (κ2) is 7.98. The molecule has 1 unspecified atom stereocenters. The zero-order valence-electron chi connectivity index (χ0n) is 17.1. The average molecular weight is 420 g/mol. The largest absolute Gasteiger partial charge is 0.477 e. The van der Waals surface area contributed by atoms with E-state index in [1.807, 2.05) is 17.0 Å². The summed E-state index contributed by atoms with van der Waals surface area (Å²) in [6.45, 7) is 3.30. The van der Waals surface area contributed by atoms with Crippen LogP contribution in [0.2, 0.25) is 0 Å². The van der Waals surface area contributed by atoms with E-state index in [9.17, 15) is 9.59 Å². The molecule has 2 fully saturated rings. The number of likely N-dealkylation sites (tertiary alicyclic amines) is 1. The number of pyridine rings is 2. The summed E-state index contributed by atoms with van der Waals surface area (Å²) in [7, 11) is 0. The van der Waals surface area contributed by atoms with Crippen LogP contribution in [0, 0.1) is 5.92 Å². The summed E-state index contributed by atoms with van der Waals surface area (Å²) in [5, 5.41) is 9.17. The molecule has 0 bridgehead atoms. The summed E-state index contributed by atoms with van der Waals surface area (Å²) in [6, 6.07) is 8.66. The number of carbonyl (C=O) groups is 2. The van der Waals surface area contributed by atoms with Crippen LogP contribution in [-0.4, -0.2) is 68.0 Å². The summed E-state index contributed by atoms with van der Waals surface area (Å²) < 4.78 is 0. The van der Waals surface area contributed by atoms with Gasteiger partial charge >= 0.3 is 5.97 Å². The highest BCUT2D eigenvalue weighted by atomic mass is 16.4. The number of aromatic carboxylic acids is 1. The zero-order valence-corrected chi connectivity index (χ0v) is 17.1. The number of aromatic amines is 1. The van der Waals surface area contributed by atoms with Crippen molar-refractivity contribution in [3.8, 4) is 11.5 Å². The summed E-state index contributed by atoms with van der Waals surface area (Å²) in [5.74, 6) is 0.485. The Kier molecular flexibility index (Phi) is 5.01. The highest BCUT2D eigenvalue weighted by Gasteiger charge is 2.31. The molecule has 3 aromatic heterocycles. The Balaban J connectivity index is 1.38. The number of carboxylic acid groups (broad SMARTS) is 1. The fourth-order valence-corrected chi connectivity index (χ4v) is 4.45. The van der Waals surface area contributed by atoms with Crippen LogP contribution in [-0.2, 0) is 4.79 Å². The van der Waals surface area contributed by atoms with Crippen LogP contribution in [0.4, 0.5) is 5.82 Å². The van der Waals surface area contributed by atoms with E-state index in [1.165, 1.54) is 6.07 Å². The molecule has 5 heterocycles. The number of hydrogen-bond donors (Lipinski definition) is 2. The van der Waals surface area contributed by atoms with Gasteiger partial charge in [0.25, 0.3) is 0 Å². The first-order chi connectivity index (χ1) is 15.1. The van der Waals surface area contributed by atoms with Gasteiger partial charge in [0.15, 0.2) is 11.5 Å². The zero-order chi connectivity index (χ0) is 21.4. The second-order valence-corrected chi connectivity index (χ2v) is 8.16. The predicted molar refractivity (Wildman–Crippen MR) is 115 cm³/mol. The topological polar surface area (TPSA) is 115 Å². The van der Waals surface area contributed by atoms with Crippen molar-refractivity contribution in [2.45, 2.75) is 25.7 Å². The highest BCUT2D eigenvalue weighted by molar-refractivity contribution is 5.86. The smallest absolute Gasteiger partial charge is 0.354 e. The number of nitrogens with zero attached hydrogens (tertiary/aromatic N) is 5. The van der Waals surface area contributed by atoms with Crippen LogP contribution in [0.25, 0.3) is 22.7 Å². The van der Waals surface area contributed by atoms with Crippen LogP contribution in [0.15, 0.2) is 30.3 Å². The Bertz CT molecular complexity index is 1140. The lowest BCUT2D eigenvalue weighted by Crippen LogP contribution is -2.44. The fourth-order valence-electron chi connectivity index (χ4n) is 4.45. The Morgan fingerprint density at radius 2 is 1.84 bits per heavy atom. The molecule has 2 N–H and O–H groups in total. The standard InChI is InChI=1S/C22H24N6O3/c29-21(27-10-1-2-11-27)14-5-4-12-28(13-14)18-9-8-16-20(25-18)26-19(24-16)15-6-3-7-17(23-15)22(30)31/h3,6-9,14H,1-2,4-5,10-13H2,(H,30,31)(H,24,25,26). The number of nitrogens with one attached hydrogen (secondary N) is 1. The molecule has 0 saturated carbocycles. The van der Waals surface area contributed by atoms with E-state index >= 15 is 0 Å². The third-order valence-corrected chi connectivity index (χ3v) is 6.05. The molecule has 0 aliphatic carbocycles. The summed E-state index contributed by atoms with van der Waals surface area (Å²) in [5.41, 5.74) is 1.72. The van der Waals surface area contributed by atoms with Gasteiger partial charge in [0.2, 0.25) is 5.91 Å². The number of piperidine rings is 1. The summed E-state index contributed by atoms with van der Waals surface area (Å²) in [4.78, 5) is 44.8. The molecule has 2 saturated heterocycles. The normalized spacial score (nSPS) is 19.2. The molecule has 0 radical (unpaired) electrons. The van der Waals surface area contributed by atoms with Gasteiger partial charge in [-0.3, -0.25) is 4.79 Å². The van der Waals surface area contributed by atoms with E-state index in [0.29, 0.717) is 23.7 Å². The maximum atomic E-state index is 12.8. The van der Waals surface area contributed by atoms with E-state index < -0.39 is 5.97 Å². The van der Waals surface area contributed by atoms with Gasteiger partial charge in [0.05, 0.1) is 11.4 Å². The number of amides is 1. The molecule has 0 aromatic carbocycles. The fraction of sp³-hybridized carbons (Fsp3) is 0.409. The first-order valence-corrected chi connectivity index (χ1v) is 10.7. The lowest BCUT2D eigenvalue weighted by molar-refractivity contribution is -0.134. The Labute approximate surface area is 179 Å². The van der Waals surface area contributed by atoms with Crippen molar-refractivity contribution in [1.29, 1.82) is 0 Å². The van der Waals surface area contributed by atoms with E-state index in [4.69, 9.17) is 10.1 Å². The molecule has 5 rings (SSSR count). The number of carboxylic acids is 1. The first-order valence-electron chi connectivity index (χ1n) is 10.7. The average Bonchev–Trinajstić information content (AvgIpc) is 3.48. The number of hydrogen-bond acceptors (Lipinski definition) is 6. The van der Waals surface area contributed by atoms with Gasteiger partial charge in [-0.2, -0.15) is 0 Å². The van der Waals surface area contributed by atoms with Crippen LogP contribution in [0.3, 0.4) is 0 Å². The third kappa shape index (κ3) is 3.83. The number of rotatable bonds is 4. The van der Waals surface area contributed by atoms with Gasteiger partial charge in [-0.25, -0.2) is 19.7 Å². The van der Waals surface area contributed by atoms with Gasteiger partial charge in [0.1, 0.15) is 17.2 Å². The third-order valence-electron chi connectivity index (χ3n) is 6.05. The number of aromatic nitrogens is 4. The number of anilines is 1. The minimum absolute atomic E-state index is 0.0158. The Hall–Kier alpha value is -3.49. The van der Waals surface area contributed by atoms with Gasteiger partial charge in [-0.15, -0.1) is 0 Å². The van der Waals surface area contributed by atoms with Crippen LogP contribution >= 0.6 is 0 Å². The minimum Gasteiger partial charge on any atom is -0.477 e. The second-order valence-electron chi connectivity index (χ2n) is 8.16. The highest BCUT2D eigenvalue weighted by Crippen LogP contribution is 2.26. The molecular weight excluding hydrogens is 396 g/mol. The van der Waals surface area contributed by atoms with Gasteiger partial charge in [-0.05, 0) is 49.9 Å². The molecular formula is C22H24N6O3. The van der Waals surface area contributed by atoms with Crippen LogP contribution in [0.1, 0.15) is 36.2 Å². The quantitative estimate of drug-likeness (QED) is 0.666. The predicted octanol–water partition coefficient (Wildman–Crippen LogP) is 2.56. The van der Waals surface area contributed by atoms with Crippen molar-refractivity contribution >= 4 is 28.9 Å². The van der Waals surface area contributed by atoms with Gasteiger partial charge < -0.3 is 19.9 Å². The Morgan fingerprint density at radius 1 is 1.00 bits per heavy atom. The van der Waals surface area contributed by atoms with Crippen LogP contribution < -0.4 is 4.90 Å². The Morgan fingerprint density at radius 3 is 2.65 bits per heavy atom. The van der Waals surface area contributed by atoms with E-state index in [2.05, 4.69) is 19.9 Å². The molecule has 0 spiro atoms. The van der Waals surface area contributed by atoms with Crippen molar-refractivity contribution in [2.75, 3.05) is 31.1 Å². The van der Waals surface area contributed by atoms with E-state index in [-0.39, 0.29) is 17.5 Å².